The summed E-state index contributed by atoms with van der Waals surface area (Å²) in [4.78, 5) is 12.6. The Morgan fingerprint density at radius 1 is 1.10 bits per heavy atom. The van der Waals surface area contributed by atoms with Crippen LogP contribution in [0.2, 0.25) is 0 Å². The molecule has 0 aliphatic carbocycles. The zero-order chi connectivity index (χ0) is 23.4. The zero-order valence-corrected chi connectivity index (χ0v) is 21.2. The average molecular weight is 528 g/mol. The quantitative estimate of drug-likeness (QED) is 0.480. The monoisotopic (exact) mass is 527 g/mol. The van der Waals surface area contributed by atoms with Crippen molar-refractivity contribution in [2.75, 3.05) is 5.32 Å². The fraction of sp³-hybridized carbons (Fsp3) is 0.333. The molecule has 3 N–H and O–H groups in total. The second-order valence-corrected chi connectivity index (χ2v) is 11.0. The van der Waals surface area contributed by atoms with E-state index in [2.05, 4.69) is 31.3 Å². The first-order chi connectivity index (χ1) is 14.3. The lowest BCUT2D eigenvalue weighted by Gasteiger charge is -2.20. The number of hydrogen-bond acceptors (Lipinski definition) is 5. The van der Waals surface area contributed by atoms with Gasteiger partial charge in [-0.25, -0.2) is 13.1 Å². The number of ether oxygens (including phenoxy) is 1. The smallest absolute Gasteiger partial charge is 0.257 e. The van der Waals surface area contributed by atoms with E-state index in [4.69, 9.17) is 17.0 Å². The van der Waals surface area contributed by atoms with Crippen LogP contribution in [-0.2, 0) is 10.0 Å². The fourth-order valence-corrected chi connectivity index (χ4v) is 4.61. The second kappa shape index (κ2) is 10.1. The molecule has 1 amide bonds. The molecule has 0 unspecified atom stereocenters. The first-order valence-corrected chi connectivity index (χ1v) is 12.2. The molecule has 2 rings (SSSR count). The number of anilines is 1. The normalized spacial score (nSPS) is 11.8. The summed E-state index contributed by atoms with van der Waals surface area (Å²) in [6, 6.07) is 11.1. The molecule has 10 heteroatoms. The molecular weight excluding hydrogens is 502 g/mol. The van der Waals surface area contributed by atoms with E-state index in [0.717, 1.165) is 0 Å². The van der Waals surface area contributed by atoms with Crippen LogP contribution in [-0.4, -0.2) is 31.1 Å². The highest BCUT2D eigenvalue weighted by molar-refractivity contribution is 9.10. The third kappa shape index (κ3) is 7.88. The second-order valence-electron chi connectivity index (χ2n) is 8.10. The molecular formula is C21H26BrN3O4S2. The number of carbonyl (C=O) groups is 1. The molecule has 0 aliphatic rings. The van der Waals surface area contributed by atoms with Gasteiger partial charge in [0, 0.05) is 16.8 Å². The Morgan fingerprint density at radius 3 is 2.23 bits per heavy atom. The van der Waals surface area contributed by atoms with E-state index >= 15 is 0 Å². The van der Waals surface area contributed by atoms with Gasteiger partial charge in [0.15, 0.2) is 5.11 Å². The minimum absolute atomic E-state index is 0.0124. The number of hydrogen-bond donors (Lipinski definition) is 3. The van der Waals surface area contributed by atoms with Crippen molar-refractivity contribution >= 4 is 54.9 Å². The number of sulfonamides is 1. The highest BCUT2D eigenvalue weighted by atomic mass is 79.9. The van der Waals surface area contributed by atoms with E-state index in [1.165, 1.54) is 12.1 Å². The molecule has 7 nitrogen and oxygen atoms in total. The van der Waals surface area contributed by atoms with Crippen LogP contribution < -0.4 is 20.1 Å². The summed E-state index contributed by atoms with van der Waals surface area (Å²) in [6.45, 7) is 9.14. The summed E-state index contributed by atoms with van der Waals surface area (Å²) < 4.78 is 33.6. The molecule has 0 spiro atoms. The maximum absolute atomic E-state index is 12.5. The Kier molecular flexibility index (Phi) is 8.21. The third-order valence-corrected chi connectivity index (χ3v) is 6.24. The molecule has 0 bridgehead atoms. The summed E-state index contributed by atoms with van der Waals surface area (Å²) in [7, 11) is -3.63. The van der Waals surface area contributed by atoms with E-state index in [1.54, 1.807) is 51.1 Å². The van der Waals surface area contributed by atoms with Crippen molar-refractivity contribution in [2.24, 2.45) is 0 Å². The Hall–Kier alpha value is -2.01. The number of rotatable bonds is 6. The minimum atomic E-state index is -3.63. The van der Waals surface area contributed by atoms with Gasteiger partial charge >= 0.3 is 0 Å². The summed E-state index contributed by atoms with van der Waals surface area (Å²) >= 11 is 8.59. The third-order valence-electron chi connectivity index (χ3n) is 3.65. The van der Waals surface area contributed by atoms with Crippen LogP contribution in [0, 0.1) is 0 Å². The molecule has 0 saturated heterocycles. The van der Waals surface area contributed by atoms with E-state index < -0.39 is 15.6 Å². The predicted octanol–water partition coefficient (Wildman–Crippen LogP) is 4.44. The maximum Gasteiger partial charge on any atom is 0.257 e. The van der Waals surface area contributed by atoms with Crippen molar-refractivity contribution in [3.8, 4) is 5.75 Å². The van der Waals surface area contributed by atoms with Crippen molar-refractivity contribution in [2.45, 2.75) is 51.2 Å². The number of halogens is 1. The van der Waals surface area contributed by atoms with Gasteiger partial charge in [-0.15, -0.1) is 0 Å². The lowest BCUT2D eigenvalue weighted by Crippen LogP contribution is -2.40. The summed E-state index contributed by atoms with van der Waals surface area (Å²) in [5.74, 6) is 0.256. The van der Waals surface area contributed by atoms with Gasteiger partial charge < -0.3 is 10.1 Å². The Balaban J connectivity index is 2.01. The molecule has 0 radical (unpaired) electrons. The standard InChI is InChI=1S/C21H26BrN3O4S2/c1-13(2)29-18-11-6-14(12-17(18)22)19(26)24-20(30)23-15-7-9-16(10-8-15)31(27,28)25-21(3,4)5/h6-13,25H,1-5H3,(H2,23,24,26,30). The Labute approximate surface area is 197 Å². The molecule has 168 valence electrons. The molecule has 0 atom stereocenters. The molecule has 2 aromatic carbocycles. The molecule has 31 heavy (non-hydrogen) atoms. The number of carbonyl (C=O) groups excluding carboxylic acids is 1. The van der Waals surface area contributed by atoms with Gasteiger partial charge in [0.25, 0.3) is 5.91 Å². The summed E-state index contributed by atoms with van der Waals surface area (Å²) in [5.41, 5.74) is 0.360. The van der Waals surface area contributed by atoms with Crippen LogP contribution in [0.3, 0.4) is 0 Å². The molecule has 0 aliphatic heterocycles. The van der Waals surface area contributed by atoms with Crippen molar-refractivity contribution in [1.29, 1.82) is 0 Å². The highest BCUT2D eigenvalue weighted by Crippen LogP contribution is 2.27. The minimum Gasteiger partial charge on any atom is -0.490 e. The van der Waals surface area contributed by atoms with Gasteiger partial charge in [-0.3, -0.25) is 10.1 Å². The SMILES string of the molecule is CC(C)Oc1ccc(C(=O)NC(=S)Nc2ccc(S(=O)(=O)NC(C)(C)C)cc2)cc1Br. The van der Waals surface area contributed by atoms with Crippen molar-refractivity contribution in [3.05, 3.63) is 52.5 Å². The first-order valence-electron chi connectivity index (χ1n) is 9.49. The summed E-state index contributed by atoms with van der Waals surface area (Å²) in [5, 5.41) is 5.56. The lowest BCUT2D eigenvalue weighted by atomic mass is 10.1. The zero-order valence-electron chi connectivity index (χ0n) is 17.9. The fourth-order valence-electron chi connectivity index (χ4n) is 2.51. The number of amides is 1. The van der Waals surface area contributed by atoms with E-state index in [-0.39, 0.29) is 22.0 Å². The van der Waals surface area contributed by atoms with Gasteiger partial charge in [-0.05, 0) is 105 Å². The van der Waals surface area contributed by atoms with Gasteiger partial charge in [0.2, 0.25) is 10.0 Å². The van der Waals surface area contributed by atoms with Crippen LogP contribution in [0.1, 0.15) is 45.0 Å². The summed E-state index contributed by atoms with van der Waals surface area (Å²) in [6.07, 6.45) is 0.0124. The van der Waals surface area contributed by atoms with Crippen LogP contribution in [0.5, 0.6) is 5.75 Å². The highest BCUT2D eigenvalue weighted by Gasteiger charge is 2.21. The maximum atomic E-state index is 12.5. The number of benzene rings is 2. The number of thiocarbonyl (C=S) groups is 1. The topological polar surface area (TPSA) is 96.5 Å². The average Bonchev–Trinajstić information content (AvgIpc) is 2.61. The van der Waals surface area contributed by atoms with Crippen LogP contribution >= 0.6 is 28.1 Å². The van der Waals surface area contributed by atoms with Crippen molar-refractivity contribution in [3.63, 3.8) is 0 Å². The van der Waals surface area contributed by atoms with Crippen LogP contribution in [0.4, 0.5) is 5.69 Å². The van der Waals surface area contributed by atoms with Crippen molar-refractivity contribution < 1.29 is 17.9 Å². The Bertz CT molecular complexity index is 1060. The molecule has 0 fully saturated rings. The molecule has 0 aromatic heterocycles. The van der Waals surface area contributed by atoms with E-state index in [1.807, 2.05) is 13.8 Å². The van der Waals surface area contributed by atoms with E-state index in [0.29, 0.717) is 21.5 Å². The van der Waals surface area contributed by atoms with Gasteiger partial charge in [-0.1, -0.05) is 0 Å². The van der Waals surface area contributed by atoms with Crippen LogP contribution in [0.25, 0.3) is 0 Å². The molecule has 0 heterocycles. The lowest BCUT2D eigenvalue weighted by molar-refractivity contribution is 0.0977. The predicted molar refractivity (Wildman–Crippen MR) is 130 cm³/mol. The number of nitrogens with one attached hydrogen (secondary N) is 3. The van der Waals surface area contributed by atoms with E-state index in [9.17, 15) is 13.2 Å². The van der Waals surface area contributed by atoms with Gasteiger partial charge in [0.1, 0.15) is 5.75 Å². The molecule has 0 saturated carbocycles. The van der Waals surface area contributed by atoms with Crippen LogP contribution in [0.15, 0.2) is 51.8 Å². The van der Waals surface area contributed by atoms with Gasteiger partial charge in [0.05, 0.1) is 15.5 Å². The Morgan fingerprint density at radius 2 is 1.71 bits per heavy atom. The first kappa shape index (κ1) is 25.3. The van der Waals surface area contributed by atoms with Crippen molar-refractivity contribution in [1.82, 2.24) is 10.0 Å². The molecule has 2 aromatic rings. The largest absolute Gasteiger partial charge is 0.490 e. The van der Waals surface area contributed by atoms with Gasteiger partial charge in [-0.2, -0.15) is 0 Å².